The van der Waals surface area contributed by atoms with Crippen LogP contribution in [0.2, 0.25) is 0 Å². The molecule has 0 aliphatic carbocycles. The van der Waals surface area contributed by atoms with E-state index in [1.807, 2.05) is 18.2 Å². The van der Waals surface area contributed by atoms with Crippen molar-refractivity contribution in [2.45, 2.75) is 6.17 Å². The van der Waals surface area contributed by atoms with Crippen molar-refractivity contribution < 1.29 is 4.42 Å². The molecule has 0 radical (unpaired) electrons. The molecular formula is C48H33N3O. The van der Waals surface area contributed by atoms with Gasteiger partial charge in [-0.3, -0.25) is 4.99 Å². The number of nitrogens with zero attached hydrogens (tertiary/aromatic N) is 2. The van der Waals surface area contributed by atoms with Gasteiger partial charge in [-0.25, -0.2) is 0 Å². The number of benzene rings is 7. The smallest absolute Gasteiger partial charge is 0.145 e. The number of aliphatic imine (C=N–C) groups is 1. The van der Waals surface area contributed by atoms with Crippen LogP contribution in [0.25, 0.3) is 66.6 Å². The molecular weight excluding hydrogens is 635 g/mol. The lowest BCUT2D eigenvalue weighted by molar-refractivity contribution is 0.636. The molecule has 0 fully saturated rings. The summed E-state index contributed by atoms with van der Waals surface area (Å²) < 4.78 is 9.35. The first kappa shape index (κ1) is 30.0. The summed E-state index contributed by atoms with van der Waals surface area (Å²) in [6, 6.07) is 63.8. The van der Waals surface area contributed by atoms with Gasteiger partial charge in [0.15, 0.2) is 0 Å². The third-order valence-electron chi connectivity index (χ3n) is 10.0. The van der Waals surface area contributed by atoms with Crippen LogP contribution in [0.3, 0.4) is 0 Å². The van der Waals surface area contributed by atoms with Gasteiger partial charge >= 0.3 is 0 Å². The lowest BCUT2D eigenvalue weighted by atomic mass is 9.98. The quantitative estimate of drug-likeness (QED) is 0.192. The van der Waals surface area contributed by atoms with E-state index in [4.69, 9.17) is 9.41 Å². The molecule has 4 heteroatoms. The van der Waals surface area contributed by atoms with Gasteiger partial charge in [0.2, 0.25) is 0 Å². The summed E-state index contributed by atoms with van der Waals surface area (Å²) in [5, 5.41) is 7.10. The Hall–Kier alpha value is -6.91. The number of hydrogen-bond acceptors (Lipinski definition) is 3. The Morgan fingerprint density at radius 2 is 1.15 bits per heavy atom. The SMILES string of the molecule is C1=C(c2ccccc2)NC(c2cccc(-n3c4ccccc4c4c5oc(-c6ccccc6)c(-c6ccccc6)c5ccc43)c2)N=C1c1ccccc1. The predicted molar refractivity (Wildman–Crippen MR) is 215 cm³/mol. The highest BCUT2D eigenvalue weighted by Crippen LogP contribution is 2.46. The lowest BCUT2D eigenvalue weighted by Gasteiger charge is -2.25. The van der Waals surface area contributed by atoms with Crippen LogP contribution in [0.1, 0.15) is 22.9 Å². The Balaban J connectivity index is 1.16. The fourth-order valence-corrected chi connectivity index (χ4v) is 7.65. The number of hydrogen-bond donors (Lipinski definition) is 1. The van der Waals surface area contributed by atoms with Crippen LogP contribution in [0.15, 0.2) is 197 Å². The molecule has 4 nitrogen and oxygen atoms in total. The van der Waals surface area contributed by atoms with Gasteiger partial charge in [0.25, 0.3) is 0 Å². The molecule has 3 heterocycles. The zero-order chi connectivity index (χ0) is 34.4. The number of nitrogens with one attached hydrogen (secondary N) is 1. The fourth-order valence-electron chi connectivity index (χ4n) is 7.65. The Morgan fingerprint density at radius 1 is 0.519 bits per heavy atom. The van der Waals surface area contributed by atoms with Gasteiger partial charge in [-0.2, -0.15) is 0 Å². The summed E-state index contributed by atoms with van der Waals surface area (Å²) in [6.07, 6.45) is 1.88. The maximum absolute atomic E-state index is 6.99. The molecule has 0 amide bonds. The summed E-state index contributed by atoms with van der Waals surface area (Å²) in [5.41, 5.74) is 12.8. The van der Waals surface area contributed by atoms with E-state index < -0.39 is 0 Å². The Labute approximate surface area is 301 Å². The van der Waals surface area contributed by atoms with Gasteiger partial charge in [0.05, 0.1) is 22.1 Å². The van der Waals surface area contributed by atoms with Crippen molar-refractivity contribution in [1.29, 1.82) is 0 Å². The number of rotatable bonds is 6. The first-order valence-electron chi connectivity index (χ1n) is 17.7. The van der Waals surface area contributed by atoms with Gasteiger partial charge in [-0.05, 0) is 58.7 Å². The van der Waals surface area contributed by atoms with Gasteiger partial charge in [-0.15, -0.1) is 0 Å². The van der Waals surface area contributed by atoms with E-state index in [0.717, 1.165) is 89.0 Å². The summed E-state index contributed by atoms with van der Waals surface area (Å²) in [5.74, 6) is 0.880. The largest absolute Gasteiger partial charge is 0.455 e. The van der Waals surface area contributed by atoms with Crippen molar-refractivity contribution in [2.75, 3.05) is 0 Å². The highest BCUT2D eigenvalue weighted by molar-refractivity contribution is 6.22. The van der Waals surface area contributed by atoms with Crippen molar-refractivity contribution >= 4 is 44.2 Å². The molecule has 1 aliphatic heterocycles. The first-order valence-corrected chi connectivity index (χ1v) is 17.7. The number of furan rings is 1. The van der Waals surface area contributed by atoms with Crippen LogP contribution in [0, 0.1) is 0 Å². The second-order valence-electron chi connectivity index (χ2n) is 13.2. The Morgan fingerprint density at radius 3 is 1.88 bits per heavy atom. The molecule has 10 rings (SSSR count). The molecule has 9 aromatic rings. The lowest BCUT2D eigenvalue weighted by Crippen LogP contribution is -2.25. The molecule has 52 heavy (non-hydrogen) atoms. The molecule has 246 valence electrons. The van der Waals surface area contributed by atoms with Gasteiger partial charge in [-0.1, -0.05) is 152 Å². The number of allylic oxidation sites excluding steroid dienone is 1. The van der Waals surface area contributed by atoms with Crippen LogP contribution in [0.5, 0.6) is 0 Å². The maximum Gasteiger partial charge on any atom is 0.145 e. The van der Waals surface area contributed by atoms with Gasteiger partial charge in [0.1, 0.15) is 17.5 Å². The summed E-state index contributed by atoms with van der Waals surface area (Å²) in [6.45, 7) is 0. The van der Waals surface area contributed by atoms with Crippen molar-refractivity contribution in [2.24, 2.45) is 4.99 Å². The van der Waals surface area contributed by atoms with Crippen molar-refractivity contribution in [1.82, 2.24) is 9.88 Å². The molecule has 1 aliphatic rings. The highest BCUT2D eigenvalue weighted by Gasteiger charge is 2.24. The maximum atomic E-state index is 6.99. The molecule has 1 N–H and O–H groups in total. The van der Waals surface area contributed by atoms with Crippen molar-refractivity contribution in [3.05, 3.63) is 205 Å². The Kier molecular flexibility index (Phi) is 7.17. The number of aromatic nitrogens is 1. The minimum absolute atomic E-state index is 0.276. The molecule has 0 saturated carbocycles. The molecule has 1 unspecified atom stereocenters. The molecule has 0 saturated heterocycles. The minimum atomic E-state index is -0.276. The van der Waals surface area contributed by atoms with E-state index in [2.05, 4.69) is 180 Å². The van der Waals surface area contributed by atoms with E-state index in [0.29, 0.717) is 0 Å². The average Bonchev–Trinajstić information content (AvgIpc) is 3.78. The summed E-state index contributed by atoms with van der Waals surface area (Å²) >= 11 is 0. The monoisotopic (exact) mass is 667 g/mol. The second-order valence-corrected chi connectivity index (χ2v) is 13.2. The van der Waals surface area contributed by atoms with E-state index in [9.17, 15) is 0 Å². The molecule has 2 aromatic heterocycles. The third-order valence-corrected chi connectivity index (χ3v) is 10.0. The van der Waals surface area contributed by atoms with Crippen molar-refractivity contribution in [3.8, 4) is 28.1 Å². The summed E-state index contributed by atoms with van der Waals surface area (Å²) in [4.78, 5) is 5.26. The molecule has 7 aromatic carbocycles. The fraction of sp³-hybridized carbons (Fsp3) is 0.0208. The van der Waals surface area contributed by atoms with Crippen LogP contribution in [-0.4, -0.2) is 10.3 Å². The summed E-state index contributed by atoms with van der Waals surface area (Å²) in [7, 11) is 0. The molecule has 0 spiro atoms. The zero-order valence-electron chi connectivity index (χ0n) is 28.3. The first-order chi connectivity index (χ1) is 25.8. The standard InChI is InChI=1S/C48H33N3O/c1-5-16-32(17-6-1)40-31-41(33-18-7-2-8-19-33)50-48(49-40)36-24-15-25-37(30-36)51-42-27-14-13-26-38(42)45-43(51)29-28-39-44(34-20-9-3-10-21-34)46(52-47(39)45)35-22-11-4-12-23-35/h1-31,48-49H. The van der Waals surface area contributed by atoms with Crippen LogP contribution in [0.4, 0.5) is 0 Å². The minimum Gasteiger partial charge on any atom is -0.455 e. The third kappa shape index (κ3) is 5.04. The van der Waals surface area contributed by atoms with Crippen LogP contribution in [-0.2, 0) is 0 Å². The average molecular weight is 668 g/mol. The van der Waals surface area contributed by atoms with E-state index in [-0.39, 0.29) is 6.17 Å². The Bertz CT molecular complexity index is 2790. The van der Waals surface area contributed by atoms with E-state index in [1.54, 1.807) is 0 Å². The topological polar surface area (TPSA) is 42.5 Å². The van der Waals surface area contributed by atoms with Crippen molar-refractivity contribution in [3.63, 3.8) is 0 Å². The van der Waals surface area contributed by atoms with Crippen LogP contribution < -0.4 is 5.32 Å². The van der Waals surface area contributed by atoms with E-state index >= 15 is 0 Å². The highest BCUT2D eigenvalue weighted by atomic mass is 16.3. The van der Waals surface area contributed by atoms with Gasteiger partial charge in [0, 0.05) is 33.3 Å². The molecule has 0 bridgehead atoms. The predicted octanol–water partition coefficient (Wildman–Crippen LogP) is 12.0. The second kappa shape index (κ2) is 12.4. The normalized spacial score (nSPS) is 14.3. The van der Waals surface area contributed by atoms with E-state index in [1.165, 1.54) is 0 Å². The number of para-hydroxylation sites is 1. The molecule has 1 atom stereocenters. The van der Waals surface area contributed by atoms with Gasteiger partial charge < -0.3 is 14.3 Å². The van der Waals surface area contributed by atoms with Crippen LogP contribution >= 0.6 is 0 Å². The zero-order valence-corrected chi connectivity index (χ0v) is 28.3. The number of fused-ring (bicyclic) bond motifs is 5.